The fourth-order valence-corrected chi connectivity index (χ4v) is 3.33. The van der Waals surface area contributed by atoms with Crippen LogP contribution in [0.25, 0.3) is 10.9 Å². The molecule has 0 aliphatic carbocycles. The van der Waals surface area contributed by atoms with Crippen LogP contribution in [-0.4, -0.2) is 10.4 Å². The number of para-hydroxylation sites is 1. The summed E-state index contributed by atoms with van der Waals surface area (Å²) in [7, 11) is 0. The number of aromatic nitrogens is 1. The van der Waals surface area contributed by atoms with Gasteiger partial charge in [0.05, 0.1) is 9.90 Å². The van der Waals surface area contributed by atoms with Gasteiger partial charge >= 0.3 is 0 Å². The fraction of sp³-hybridized carbons (Fsp3) is 0.188. The summed E-state index contributed by atoms with van der Waals surface area (Å²) >= 11 is 7.72. The molecule has 0 aliphatic heterocycles. The van der Waals surface area contributed by atoms with Crippen molar-refractivity contribution in [3.8, 4) is 0 Å². The minimum Gasteiger partial charge on any atom is -0.346 e. The summed E-state index contributed by atoms with van der Waals surface area (Å²) in [4.78, 5) is 12.8. The molecule has 0 spiro atoms. The average Bonchev–Trinajstić information content (AvgIpc) is 3.09. The molecular weight excluding hydrogens is 290 g/mol. The van der Waals surface area contributed by atoms with E-state index in [1.165, 1.54) is 11.3 Å². The maximum absolute atomic E-state index is 11.9. The SMILES string of the molecule is O=C(CCCn1cc(Cl)c2ccccc21)c1cccs1. The molecule has 0 saturated carbocycles. The van der Waals surface area contributed by atoms with Gasteiger partial charge in [-0.3, -0.25) is 4.79 Å². The second-order valence-corrected chi connectivity index (χ2v) is 6.05. The predicted molar refractivity (Wildman–Crippen MR) is 84.8 cm³/mol. The van der Waals surface area contributed by atoms with Crippen LogP contribution >= 0.6 is 22.9 Å². The second-order valence-electron chi connectivity index (χ2n) is 4.69. The lowest BCUT2D eigenvalue weighted by molar-refractivity contribution is 0.0982. The van der Waals surface area contributed by atoms with Gasteiger partial charge in [0.25, 0.3) is 0 Å². The first-order chi connectivity index (χ1) is 9.75. The number of aryl methyl sites for hydroxylation is 1. The molecule has 2 heterocycles. The number of thiophene rings is 1. The van der Waals surface area contributed by atoms with Crippen molar-refractivity contribution < 1.29 is 4.79 Å². The van der Waals surface area contributed by atoms with Crippen molar-refractivity contribution in [2.75, 3.05) is 0 Å². The van der Waals surface area contributed by atoms with Crippen molar-refractivity contribution in [3.63, 3.8) is 0 Å². The van der Waals surface area contributed by atoms with E-state index in [0.29, 0.717) is 6.42 Å². The van der Waals surface area contributed by atoms with E-state index in [1.807, 2.05) is 41.9 Å². The third kappa shape index (κ3) is 2.65. The Morgan fingerprint density at radius 3 is 2.85 bits per heavy atom. The summed E-state index contributed by atoms with van der Waals surface area (Å²) in [5.74, 6) is 0.225. The van der Waals surface area contributed by atoms with Crippen molar-refractivity contribution in [1.82, 2.24) is 4.57 Å². The molecule has 0 bridgehead atoms. The monoisotopic (exact) mass is 303 g/mol. The Morgan fingerprint density at radius 2 is 2.05 bits per heavy atom. The lowest BCUT2D eigenvalue weighted by Crippen LogP contribution is -2.01. The fourth-order valence-electron chi connectivity index (χ4n) is 2.36. The highest BCUT2D eigenvalue weighted by Gasteiger charge is 2.08. The number of halogens is 1. The zero-order chi connectivity index (χ0) is 13.9. The molecule has 0 aliphatic rings. The number of nitrogens with zero attached hydrogens (tertiary/aromatic N) is 1. The normalized spacial score (nSPS) is 11.1. The largest absolute Gasteiger partial charge is 0.346 e. The molecule has 0 fully saturated rings. The molecule has 0 N–H and O–H groups in total. The number of hydrogen-bond donors (Lipinski definition) is 0. The molecule has 1 aromatic carbocycles. The van der Waals surface area contributed by atoms with Gasteiger partial charge in [-0.15, -0.1) is 11.3 Å². The Morgan fingerprint density at radius 1 is 1.20 bits per heavy atom. The number of benzene rings is 1. The van der Waals surface area contributed by atoms with E-state index in [0.717, 1.165) is 33.8 Å². The molecule has 0 unspecified atom stereocenters. The van der Waals surface area contributed by atoms with Crippen molar-refractivity contribution >= 4 is 39.6 Å². The van der Waals surface area contributed by atoms with E-state index in [1.54, 1.807) is 0 Å². The van der Waals surface area contributed by atoms with E-state index < -0.39 is 0 Å². The summed E-state index contributed by atoms with van der Waals surface area (Å²) in [6.45, 7) is 0.810. The smallest absolute Gasteiger partial charge is 0.172 e. The van der Waals surface area contributed by atoms with Crippen LogP contribution < -0.4 is 0 Å². The van der Waals surface area contributed by atoms with Gasteiger partial charge in [-0.05, 0) is 23.9 Å². The van der Waals surface area contributed by atoms with Gasteiger partial charge in [0.2, 0.25) is 0 Å². The van der Waals surface area contributed by atoms with Gasteiger partial charge in [-0.25, -0.2) is 0 Å². The van der Waals surface area contributed by atoms with E-state index in [-0.39, 0.29) is 5.78 Å². The quantitative estimate of drug-likeness (QED) is 0.607. The maximum Gasteiger partial charge on any atom is 0.172 e. The molecule has 102 valence electrons. The molecule has 2 nitrogen and oxygen atoms in total. The van der Waals surface area contributed by atoms with Crippen molar-refractivity contribution in [2.24, 2.45) is 0 Å². The first-order valence-electron chi connectivity index (χ1n) is 6.56. The molecule has 20 heavy (non-hydrogen) atoms. The molecule has 3 rings (SSSR count). The number of rotatable bonds is 5. The Balaban J connectivity index is 1.67. The van der Waals surface area contributed by atoms with Crippen LogP contribution in [0.2, 0.25) is 5.02 Å². The zero-order valence-corrected chi connectivity index (χ0v) is 12.5. The number of ketones is 1. The molecule has 3 aromatic rings. The zero-order valence-electron chi connectivity index (χ0n) is 10.9. The standard InChI is InChI=1S/C16H14ClNOS/c17-13-11-18(14-6-2-1-5-12(13)14)9-3-7-15(19)16-8-4-10-20-16/h1-2,4-6,8,10-11H,3,7,9H2. The number of fused-ring (bicyclic) bond motifs is 1. The Hall–Kier alpha value is -1.58. The Labute approximate surface area is 126 Å². The first kappa shape index (κ1) is 13.4. The third-order valence-corrected chi connectivity index (χ3v) is 4.55. The topological polar surface area (TPSA) is 22.0 Å². The maximum atomic E-state index is 11.9. The van der Waals surface area contributed by atoms with Gasteiger partial charge in [-0.1, -0.05) is 35.9 Å². The Bertz CT molecular complexity index is 730. The van der Waals surface area contributed by atoms with Crippen molar-refractivity contribution in [2.45, 2.75) is 19.4 Å². The summed E-state index contributed by atoms with van der Waals surface area (Å²) in [5.41, 5.74) is 1.13. The highest BCUT2D eigenvalue weighted by atomic mass is 35.5. The molecule has 4 heteroatoms. The number of hydrogen-bond acceptors (Lipinski definition) is 2. The Kier molecular flexibility index (Phi) is 3.90. The summed E-state index contributed by atoms with van der Waals surface area (Å²) in [6, 6.07) is 11.9. The van der Waals surface area contributed by atoms with Crippen LogP contribution in [0.5, 0.6) is 0 Å². The predicted octanol–water partition coefficient (Wildman–Crippen LogP) is 5.02. The number of Topliss-reactive ketones (excluding diaryl/α,β-unsaturated/α-hetero) is 1. The van der Waals surface area contributed by atoms with E-state index >= 15 is 0 Å². The van der Waals surface area contributed by atoms with Crippen LogP contribution in [0.4, 0.5) is 0 Å². The highest BCUT2D eigenvalue weighted by molar-refractivity contribution is 7.12. The summed E-state index contributed by atoms with van der Waals surface area (Å²) in [5, 5.41) is 3.77. The van der Waals surface area contributed by atoms with Gasteiger partial charge < -0.3 is 4.57 Å². The molecule has 0 amide bonds. The second kappa shape index (κ2) is 5.81. The molecule has 2 aromatic heterocycles. The molecule has 0 atom stereocenters. The summed E-state index contributed by atoms with van der Waals surface area (Å²) < 4.78 is 2.12. The van der Waals surface area contributed by atoms with E-state index in [9.17, 15) is 4.79 Å². The van der Waals surface area contributed by atoms with Gasteiger partial charge in [-0.2, -0.15) is 0 Å². The lowest BCUT2D eigenvalue weighted by Gasteiger charge is -2.04. The number of carbonyl (C=O) groups is 1. The van der Waals surface area contributed by atoms with Gasteiger partial charge in [0.1, 0.15) is 0 Å². The third-order valence-electron chi connectivity index (χ3n) is 3.34. The van der Waals surface area contributed by atoms with E-state index in [2.05, 4.69) is 10.6 Å². The van der Waals surface area contributed by atoms with Crippen LogP contribution in [0, 0.1) is 0 Å². The highest BCUT2D eigenvalue weighted by Crippen LogP contribution is 2.25. The van der Waals surface area contributed by atoms with Gasteiger partial charge in [0, 0.05) is 30.1 Å². The number of carbonyl (C=O) groups excluding carboxylic acids is 1. The first-order valence-corrected chi connectivity index (χ1v) is 7.81. The average molecular weight is 304 g/mol. The molecular formula is C16H14ClNOS. The van der Waals surface area contributed by atoms with Crippen LogP contribution in [-0.2, 0) is 6.54 Å². The van der Waals surface area contributed by atoms with Crippen LogP contribution in [0.1, 0.15) is 22.5 Å². The molecule has 0 radical (unpaired) electrons. The lowest BCUT2D eigenvalue weighted by atomic mass is 10.2. The van der Waals surface area contributed by atoms with Crippen molar-refractivity contribution in [1.29, 1.82) is 0 Å². The molecule has 0 saturated heterocycles. The summed E-state index contributed by atoms with van der Waals surface area (Å²) in [6.07, 6.45) is 3.35. The minimum absolute atomic E-state index is 0.225. The van der Waals surface area contributed by atoms with Crippen molar-refractivity contribution in [3.05, 3.63) is 57.9 Å². The minimum atomic E-state index is 0.225. The van der Waals surface area contributed by atoms with Crippen LogP contribution in [0.15, 0.2) is 48.0 Å². The van der Waals surface area contributed by atoms with E-state index in [4.69, 9.17) is 11.6 Å². The van der Waals surface area contributed by atoms with Crippen LogP contribution in [0.3, 0.4) is 0 Å². The van der Waals surface area contributed by atoms with Gasteiger partial charge in [0.15, 0.2) is 5.78 Å².